The Morgan fingerprint density at radius 3 is 2.47 bits per heavy atom. The molecule has 0 spiro atoms. The summed E-state index contributed by atoms with van der Waals surface area (Å²) in [6.07, 6.45) is 1.07. The van der Waals surface area contributed by atoms with Crippen molar-refractivity contribution in [3.63, 3.8) is 0 Å². The van der Waals surface area contributed by atoms with E-state index in [2.05, 4.69) is 10.6 Å². The van der Waals surface area contributed by atoms with Crippen LogP contribution >= 0.6 is 0 Å². The number of rotatable bonds is 7. The van der Waals surface area contributed by atoms with Gasteiger partial charge >= 0.3 is 0 Å². The molecule has 4 amide bonds. The van der Waals surface area contributed by atoms with Crippen LogP contribution in [0.4, 0.5) is 11.4 Å². The number of nitrogens with zero attached hydrogens (tertiary/aromatic N) is 3. The number of para-hydroxylation sites is 2. The lowest BCUT2D eigenvalue weighted by Gasteiger charge is -2.34. The summed E-state index contributed by atoms with van der Waals surface area (Å²) in [6, 6.07) is 7.14. The highest BCUT2D eigenvalue weighted by Gasteiger charge is 2.28. The highest BCUT2D eigenvalue weighted by Crippen LogP contribution is 2.29. The van der Waals surface area contributed by atoms with E-state index >= 15 is 0 Å². The summed E-state index contributed by atoms with van der Waals surface area (Å²) in [5, 5.41) is 5.60. The molecular formula is C21H29N5O4. The highest BCUT2D eigenvalue weighted by atomic mass is 16.2. The molecular weight excluding hydrogens is 386 g/mol. The smallest absolute Gasteiger partial charge is 0.244 e. The maximum atomic E-state index is 12.7. The van der Waals surface area contributed by atoms with E-state index in [1.165, 1.54) is 4.90 Å². The minimum absolute atomic E-state index is 0.00747. The van der Waals surface area contributed by atoms with Gasteiger partial charge in [0.1, 0.15) is 6.54 Å². The fraction of sp³-hybridized carbons (Fsp3) is 0.524. The molecule has 0 radical (unpaired) electrons. The van der Waals surface area contributed by atoms with Gasteiger partial charge in [-0.05, 0) is 18.6 Å². The number of hydrogen-bond donors (Lipinski definition) is 2. The maximum absolute atomic E-state index is 12.7. The average Bonchev–Trinajstić information content (AvgIpc) is 2.75. The second kappa shape index (κ2) is 10.2. The minimum atomic E-state index is -0.243. The van der Waals surface area contributed by atoms with E-state index in [4.69, 9.17) is 0 Å². The van der Waals surface area contributed by atoms with E-state index in [9.17, 15) is 19.2 Å². The van der Waals surface area contributed by atoms with Crippen LogP contribution in [0.5, 0.6) is 0 Å². The molecule has 0 unspecified atom stereocenters. The van der Waals surface area contributed by atoms with E-state index in [-0.39, 0.29) is 43.0 Å². The molecule has 0 aliphatic carbocycles. The highest BCUT2D eigenvalue weighted by molar-refractivity contribution is 6.10. The number of carbonyl (C=O) groups excluding carboxylic acids is 4. The van der Waals surface area contributed by atoms with E-state index in [0.29, 0.717) is 50.6 Å². The average molecular weight is 415 g/mol. The molecule has 0 saturated carbocycles. The van der Waals surface area contributed by atoms with Crippen LogP contribution < -0.4 is 15.5 Å². The lowest BCUT2D eigenvalue weighted by atomic mass is 10.1. The molecule has 2 aliphatic rings. The number of fused-ring (bicyclic) bond motifs is 1. The van der Waals surface area contributed by atoms with Crippen LogP contribution in [0.25, 0.3) is 0 Å². The molecule has 2 aliphatic heterocycles. The number of piperazine rings is 1. The zero-order chi connectivity index (χ0) is 21.5. The molecule has 2 heterocycles. The molecule has 1 aromatic carbocycles. The molecule has 1 fully saturated rings. The Labute approximate surface area is 176 Å². The first-order chi connectivity index (χ1) is 14.5. The predicted octanol–water partition coefficient (Wildman–Crippen LogP) is 0.422. The summed E-state index contributed by atoms with van der Waals surface area (Å²) in [7, 11) is 0. The fourth-order valence-corrected chi connectivity index (χ4v) is 3.64. The van der Waals surface area contributed by atoms with Crippen LogP contribution in [0.15, 0.2) is 24.3 Å². The van der Waals surface area contributed by atoms with Gasteiger partial charge in [0.05, 0.1) is 17.9 Å². The lowest BCUT2D eigenvalue weighted by molar-refractivity contribution is -0.135. The third-order valence-corrected chi connectivity index (χ3v) is 5.29. The molecule has 162 valence electrons. The van der Waals surface area contributed by atoms with Gasteiger partial charge in [-0.25, -0.2) is 0 Å². The van der Waals surface area contributed by atoms with E-state index < -0.39 is 0 Å². The maximum Gasteiger partial charge on any atom is 0.244 e. The molecule has 2 N–H and O–H groups in total. The van der Waals surface area contributed by atoms with Crippen molar-refractivity contribution in [3.05, 3.63) is 24.3 Å². The number of amides is 4. The number of nitrogens with one attached hydrogen (secondary N) is 2. The van der Waals surface area contributed by atoms with Gasteiger partial charge in [0, 0.05) is 45.6 Å². The van der Waals surface area contributed by atoms with Gasteiger partial charge in [-0.15, -0.1) is 0 Å². The van der Waals surface area contributed by atoms with Crippen molar-refractivity contribution in [2.45, 2.75) is 26.2 Å². The molecule has 1 aromatic rings. The van der Waals surface area contributed by atoms with Gasteiger partial charge in [0.15, 0.2) is 0 Å². The van der Waals surface area contributed by atoms with Gasteiger partial charge in [0.25, 0.3) is 0 Å². The Balaban J connectivity index is 1.45. The number of carbonyl (C=O) groups is 4. The van der Waals surface area contributed by atoms with Gasteiger partial charge in [0.2, 0.25) is 23.6 Å². The zero-order valence-electron chi connectivity index (χ0n) is 17.4. The molecule has 0 bridgehead atoms. The Kier molecular flexibility index (Phi) is 7.40. The van der Waals surface area contributed by atoms with Crippen LogP contribution in [0.2, 0.25) is 0 Å². The Morgan fingerprint density at radius 1 is 1.03 bits per heavy atom. The van der Waals surface area contributed by atoms with Crippen LogP contribution in [0.1, 0.15) is 26.2 Å². The fourth-order valence-electron chi connectivity index (χ4n) is 3.64. The summed E-state index contributed by atoms with van der Waals surface area (Å²) < 4.78 is 0. The molecule has 30 heavy (non-hydrogen) atoms. The first kappa shape index (κ1) is 21.8. The van der Waals surface area contributed by atoms with Crippen molar-refractivity contribution < 1.29 is 19.2 Å². The van der Waals surface area contributed by atoms with Gasteiger partial charge in [-0.2, -0.15) is 0 Å². The summed E-state index contributed by atoms with van der Waals surface area (Å²) in [5.41, 5.74) is 1.26. The lowest BCUT2D eigenvalue weighted by Crippen LogP contribution is -2.51. The topological polar surface area (TPSA) is 102 Å². The third kappa shape index (κ3) is 5.56. The molecule has 1 saturated heterocycles. The molecule has 9 nitrogen and oxygen atoms in total. The Morgan fingerprint density at radius 2 is 1.73 bits per heavy atom. The standard InChI is InChI=1S/C21H29N5O4/c1-2-9-22-18(27)14-24-10-12-25(13-11-24)20(29)7-8-21(30)26-15-19(28)23-16-5-3-4-6-17(16)26/h3-6H,2,7-15H2,1H3,(H,22,27)(H,23,28). The van der Waals surface area contributed by atoms with Crippen LogP contribution in [0.3, 0.4) is 0 Å². The number of benzene rings is 1. The second-order valence-corrected chi connectivity index (χ2v) is 7.55. The third-order valence-electron chi connectivity index (χ3n) is 5.29. The zero-order valence-corrected chi connectivity index (χ0v) is 17.4. The van der Waals surface area contributed by atoms with Crippen molar-refractivity contribution in [1.82, 2.24) is 15.1 Å². The number of anilines is 2. The first-order valence-corrected chi connectivity index (χ1v) is 10.4. The first-order valence-electron chi connectivity index (χ1n) is 10.4. The Hall–Kier alpha value is -2.94. The predicted molar refractivity (Wildman–Crippen MR) is 113 cm³/mol. The summed E-state index contributed by atoms with van der Waals surface area (Å²) in [4.78, 5) is 54.1. The Bertz CT molecular complexity index is 804. The van der Waals surface area contributed by atoms with Crippen LogP contribution in [-0.2, 0) is 19.2 Å². The van der Waals surface area contributed by atoms with Crippen LogP contribution in [-0.4, -0.2) is 79.2 Å². The van der Waals surface area contributed by atoms with Gasteiger partial charge < -0.3 is 20.4 Å². The van der Waals surface area contributed by atoms with Gasteiger partial charge in [-0.1, -0.05) is 19.1 Å². The summed E-state index contributed by atoms with van der Waals surface area (Å²) in [6.45, 7) is 5.35. The molecule has 9 heteroatoms. The van der Waals surface area contributed by atoms with Crippen molar-refractivity contribution in [1.29, 1.82) is 0 Å². The van der Waals surface area contributed by atoms with E-state index in [1.54, 1.807) is 23.1 Å². The van der Waals surface area contributed by atoms with E-state index in [1.807, 2.05) is 17.9 Å². The minimum Gasteiger partial charge on any atom is -0.355 e. The van der Waals surface area contributed by atoms with Crippen molar-refractivity contribution in [2.75, 3.05) is 56.0 Å². The summed E-state index contributed by atoms with van der Waals surface area (Å²) in [5.74, 6) is -0.550. The SMILES string of the molecule is CCCNC(=O)CN1CCN(C(=O)CCC(=O)N2CC(=O)Nc3ccccc32)CC1. The molecule has 0 aromatic heterocycles. The van der Waals surface area contributed by atoms with Crippen molar-refractivity contribution in [2.24, 2.45) is 0 Å². The monoisotopic (exact) mass is 415 g/mol. The van der Waals surface area contributed by atoms with E-state index in [0.717, 1.165) is 6.42 Å². The van der Waals surface area contributed by atoms with Crippen molar-refractivity contribution in [3.8, 4) is 0 Å². The largest absolute Gasteiger partial charge is 0.355 e. The van der Waals surface area contributed by atoms with Gasteiger partial charge in [-0.3, -0.25) is 24.1 Å². The normalized spacial score (nSPS) is 16.6. The second-order valence-electron chi connectivity index (χ2n) is 7.55. The van der Waals surface area contributed by atoms with Crippen LogP contribution in [0, 0.1) is 0 Å². The van der Waals surface area contributed by atoms with Crippen molar-refractivity contribution >= 4 is 35.0 Å². The molecule has 0 atom stereocenters. The number of hydrogen-bond acceptors (Lipinski definition) is 5. The quantitative estimate of drug-likeness (QED) is 0.672. The summed E-state index contributed by atoms with van der Waals surface area (Å²) >= 11 is 0. The molecule has 3 rings (SSSR count).